The van der Waals surface area contributed by atoms with Gasteiger partial charge in [0.05, 0.1) is 0 Å². The Balaban J connectivity index is 1.40. The Morgan fingerprint density at radius 3 is 2.42 bits per heavy atom. The van der Waals surface area contributed by atoms with E-state index in [2.05, 4.69) is 89.8 Å². The van der Waals surface area contributed by atoms with E-state index < -0.39 is 6.09 Å². The molecule has 0 spiro atoms. The van der Waals surface area contributed by atoms with Crippen LogP contribution in [0.1, 0.15) is 50.8 Å². The summed E-state index contributed by atoms with van der Waals surface area (Å²) in [6.45, 7) is 13.6. The average Bonchev–Trinajstić information content (AvgIpc) is 2.87. The first-order valence-electron chi connectivity index (χ1n) is 13.6. The summed E-state index contributed by atoms with van der Waals surface area (Å²) in [5.74, 6) is 2.08. The predicted molar refractivity (Wildman–Crippen MR) is 153 cm³/mol. The van der Waals surface area contributed by atoms with Crippen LogP contribution < -0.4 is 15.5 Å². The van der Waals surface area contributed by atoms with Gasteiger partial charge in [-0.15, -0.1) is 0 Å². The highest BCUT2D eigenvalue weighted by molar-refractivity contribution is 5.73. The molecule has 3 aliphatic heterocycles. The van der Waals surface area contributed by atoms with Gasteiger partial charge in [0.2, 0.25) is 5.95 Å². The molecule has 1 amide bonds. The number of amides is 1. The first-order valence-corrected chi connectivity index (χ1v) is 13.6. The van der Waals surface area contributed by atoms with Crippen LogP contribution in [0.2, 0.25) is 0 Å². The average molecular weight is 520 g/mol. The molecule has 3 aliphatic rings. The Labute approximate surface area is 225 Å². The molecule has 0 aliphatic carbocycles. The van der Waals surface area contributed by atoms with E-state index in [1.807, 2.05) is 0 Å². The number of carboxylic acid groups (broad SMARTS) is 1. The van der Waals surface area contributed by atoms with Gasteiger partial charge in [-0.05, 0) is 60.6 Å². The monoisotopic (exact) mass is 519 g/mol. The number of nitrogens with two attached hydrogens (primary N) is 1. The van der Waals surface area contributed by atoms with Crippen molar-refractivity contribution in [1.29, 1.82) is 0 Å². The number of nitrogens with zero attached hydrogens (tertiary/aromatic N) is 6. The molecule has 0 radical (unpaired) electrons. The maximum atomic E-state index is 11.9. The van der Waals surface area contributed by atoms with E-state index in [-0.39, 0.29) is 17.5 Å². The lowest BCUT2D eigenvalue weighted by Gasteiger charge is -2.41. The number of benzene rings is 1. The lowest BCUT2D eigenvalue weighted by atomic mass is 9.78. The second-order valence-corrected chi connectivity index (χ2v) is 12.1. The number of fused-ring (bicyclic) bond motifs is 1. The van der Waals surface area contributed by atoms with Crippen LogP contribution in [0.3, 0.4) is 0 Å². The SMILES string of the molecule is CC1Cc2ccc(C3=CCN(C(=O)O)C(C(C)(C)C)C3)cc2CN1c1cc(N2CCN(C)CC2)nc(N)n1. The molecule has 2 atom stereocenters. The van der Waals surface area contributed by atoms with Crippen LogP contribution in [0.15, 0.2) is 30.3 Å². The second-order valence-electron chi connectivity index (χ2n) is 12.1. The molecule has 3 N–H and O–H groups in total. The number of carbonyl (C=O) groups is 1. The van der Waals surface area contributed by atoms with Crippen molar-refractivity contribution in [2.75, 3.05) is 55.3 Å². The molecule has 5 rings (SSSR count). The van der Waals surface area contributed by atoms with Crippen molar-refractivity contribution >= 4 is 29.3 Å². The van der Waals surface area contributed by atoms with Crippen molar-refractivity contribution < 1.29 is 9.90 Å². The van der Waals surface area contributed by atoms with Crippen LogP contribution >= 0.6 is 0 Å². The van der Waals surface area contributed by atoms with Crippen LogP contribution in [-0.4, -0.2) is 82.8 Å². The summed E-state index contributed by atoms with van der Waals surface area (Å²) in [7, 11) is 2.15. The van der Waals surface area contributed by atoms with Crippen molar-refractivity contribution in [3.8, 4) is 0 Å². The van der Waals surface area contributed by atoms with Gasteiger partial charge in [-0.2, -0.15) is 9.97 Å². The first-order chi connectivity index (χ1) is 18.0. The van der Waals surface area contributed by atoms with Gasteiger partial charge < -0.3 is 30.4 Å². The number of piperazine rings is 1. The summed E-state index contributed by atoms with van der Waals surface area (Å²) in [5, 5.41) is 9.75. The molecule has 1 saturated heterocycles. The smallest absolute Gasteiger partial charge is 0.407 e. The maximum Gasteiger partial charge on any atom is 0.407 e. The van der Waals surface area contributed by atoms with E-state index >= 15 is 0 Å². The summed E-state index contributed by atoms with van der Waals surface area (Å²) < 4.78 is 0. The van der Waals surface area contributed by atoms with E-state index in [9.17, 15) is 9.90 Å². The summed E-state index contributed by atoms with van der Waals surface area (Å²) in [5.41, 5.74) is 11.1. The number of anilines is 3. The molecule has 0 saturated carbocycles. The molecule has 1 fully saturated rings. The second kappa shape index (κ2) is 10.1. The minimum atomic E-state index is -0.852. The van der Waals surface area contributed by atoms with Crippen molar-refractivity contribution in [2.45, 2.75) is 59.2 Å². The lowest BCUT2D eigenvalue weighted by Crippen LogP contribution is -2.48. The number of likely N-dealkylation sites (N-methyl/N-ethyl adjacent to an activating group) is 1. The van der Waals surface area contributed by atoms with E-state index in [1.54, 1.807) is 4.90 Å². The van der Waals surface area contributed by atoms with Crippen molar-refractivity contribution in [2.24, 2.45) is 5.41 Å². The third kappa shape index (κ3) is 5.29. The minimum Gasteiger partial charge on any atom is -0.465 e. The Hall–Kier alpha value is -3.33. The van der Waals surface area contributed by atoms with Crippen molar-refractivity contribution in [3.63, 3.8) is 0 Å². The highest BCUT2D eigenvalue weighted by Crippen LogP contribution is 2.37. The first kappa shape index (κ1) is 26.3. The molecule has 1 aromatic heterocycles. The van der Waals surface area contributed by atoms with Gasteiger partial charge >= 0.3 is 6.09 Å². The summed E-state index contributed by atoms with van der Waals surface area (Å²) in [6, 6.07) is 9.06. The minimum absolute atomic E-state index is 0.0652. The zero-order chi connectivity index (χ0) is 27.2. The number of hydrogen-bond acceptors (Lipinski definition) is 7. The predicted octanol–water partition coefficient (Wildman–Crippen LogP) is 3.94. The Morgan fingerprint density at radius 1 is 1.03 bits per heavy atom. The van der Waals surface area contributed by atoms with Gasteiger partial charge in [-0.1, -0.05) is 39.0 Å². The van der Waals surface area contributed by atoms with Gasteiger partial charge in [0.15, 0.2) is 0 Å². The number of rotatable bonds is 3. The van der Waals surface area contributed by atoms with Crippen LogP contribution in [0.5, 0.6) is 0 Å². The van der Waals surface area contributed by atoms with Gasteiger partial charge in [0.25, 0.3) is 0 Å². The van der Waals surface area contributed by atoms with E-state index in [0.717, 1.165) is 50.8 Å². The number of nitrogen functional groups attached to an aromatic ring is 1. The highest BCUT2D eigenvalue weighted by atomic mass is 16.4. The number of aromatic nitrogens is 2. The Morgan fingerprint density at radius 2 is 1.74 bits per heavy atom. The standard InChI is InChI=1S/C29H41N7O2/c1-19-14-20-6-7-21(22-8-9-35(28(37)38)24(16-22)29(2,3)4)15-23(20)18-36(19)26-17-25(31-27(30)32-26)34-12-10-33(5)11-13-34/h6-8,15,17,19,24H,9-14,16,18H2,1-5H3,(H,37,38)(H2,30,31,32). The zero-order valence-corrected chi connectivity index (χ0v) is 23.3. The molecule has 1 aromatic carbocycles. The molecular weight excluding hydrogens is 478 g/mol. The van der Waals surface area contributed by atoms with Crippen LogP contribution in [0.25, 0.3) is 5.57 Å². The molecule has 2 aromatic rings. The summed E-state index contributed by atoms with van der Waals surface area (Å²) >= 11 is 0. The topological polar surface area (TPSA) is 102 Å². The zero-order valence-electron chi connectivity index (χ0n) is 23.3. The molecule has 2 unspecified atom stereocenters. The van der Waals surface area contributed by atoms with E-state index in [4.69, 9.17) is 5.73 Å². The molecule has 38 heavy (non-hydrogen) atoms. The molecule has 4 heterocycles. The van der Waals surface area contributed by atoms with Crippen LogP contribution in [0, 0.1) is 5.41 Å². The maximum absolute atomic E-state index is 11.9. The Kier molecular flexibility index (Phi) is 6.98. The fraction of sp³-hybridized carbons (Fsp3) is 0.552. The molecule has 204 valence electrons. The lowest BCUT2D eigenvalue weighted by molar-refractivity contribution is 0.0884. The Bertz CT molecular complexity index is 1230. The van der Waals surface area contributed by atoms with Crippen molar-refractivity contribution in [1.82, 2.24) is 19.8 Å². The van der Waals surface area contributed by atoms with Gasteiger partial charge in [0.1, 0.15) is 11.6 Å². The fourth-order valence-corrected chi connectivity index (χ4v) is 5.99. The fourth-order valence-electron chi connectivity index (χ4n) is 5.99. The largest absolute Gasteiger partial charge is 0.465 e. The molecule has 9 nitrogen and oxygen atoms in total. The summed E-state index contributed by atoms with van der Waals surface area (Å²) in [4.78, 5) is 29.6. The normalized spacial score (nSPS) is 22.8. The van der Waals surface area contributed by atoms with E-state index in [1.165, 1.54) is 22.3 Å². The van der Waals surface area contributed by atoms with Gasteiger partial charge in [0, 0.05) is 57.4 Å². The third-order valence-electron chi connectivity index (χ3n) is 8.37. The molecule has 9 heteroatoms. The van der Waals surface area contributed by atoms with Crippen LogP contribution in [-0.2, 0) is 13.0 Å². The summed E-state index contributed by atoms with van der Waals surface area (Å²) in [6.07, 6.45) is 2.87. The molecular formula is C29H41N7O2. The highest BCUT2D eigenvalue weighted by Gasteiger charge is 2.36. The van der Waals surface area contributed by atoms with Gasteiger partial charge in [-0.3, -0.25) is 0 Å². The van der Waals surface area contributed by atoms with Gasteiger partial charge in [-0.25, -0.2) is 4.79 Å². The number of hydrogen-bond donors (Lipinski definition) is 2. The van der Waals surface area contributed by atoms with Crippen LogP contribution in [0.4, 0.5) is 22.4 Å². The van der Waals surface area contributed by atoms with E-state index in [0.29, 0.717) is 18.9 Å². The molecule has 0 bridgehead atoms. The van der Waals surface area contributed by atoms with Crippen molar-refractivity contribution in [3.05, 3.63) is 47.0 Å². The third-order valence-corrected chi connectivity index (χ3v) is 8.37. The quantitative estimate of drug-likeness (QED) is 0.629.